The number of phenols is 1. The van der Waals surface area contributed by atoms with Gasteiger partial charge in [0.2, 0.25) is 0 Å². The van der Waals surface area contributed by atoms with E-state index >= 15 is 0 Å². The molecule has 4 rings (SSSR count). The highest BCUT2D eigenvalue weighted by molar-refractivity contribution is 6.09. The molecule has 30 heavy (non-hydrogen) atoms. The Morgan fingerprint density at radius 3 is 2.40 bits per heavy atom. The molecule has 1 heterocycles. The van der Waals surface area contributed by atoms with E-state index in [1.165, 1.54) is 12.1 Å². The number of halogens is 3. The molecule has 1 aromatic heterocycles. The molecular formula is C23H16F3NO3. The van der Waals surface area contributed by atoms with E-state index in [1.54, 1.807) is 19.1 Å². The first-order valence-corrected chi connectivity index (χ1v) is 9.20. The summed E-state index contributed by atoms with van der Waals surface area (Å²) in [5, 5.41) is 12.0. The molecule has 0 saturated heterocycles. The summed E-state index contributed by atoms with van der Waals surface area (Å²) in [7, 11) is 0. The van der Waals surface area contributed by atoms with Crippen LogP contribution in [0.2, 0.25) is 0 Å². The monoisotopic (exact) mass is 411 g/mol. The van der Waals surface area contributed by atoms with Gasteiger partial charge in [-0.05, 0) is 42.8 Å². The van der Waals surface area contributed by atoms with E-state index in [2.05, 4.69) is 4.98 Å². The van der Waals surface area contributed by atoms with Crippen LogP contribution in [0.4, 0.5) is 13.2 Å². The van der Waals surface area contributed by atoms with Crippen LogP contribution >= 0.6 is 0 Å². The minimum absolute atomic E-state index is 0.0821. The number of hydrogen-bond donors (Lipinski definition) is 1. The number of para-hydroxylation sites is 1. The van der Waals surface area contributed by atoms with Crippen molar-refractivity contribution in [3.05, 3.63) is 71.8 Å². The summed E-state index contributed by atoms with van der Waals surface area (Å²) < 4.78 is 43.9. The first-order chi connectivity index (χ1) is 14.3. The topological polar surface area (TPSA) is 59.4 Å². The number of ether oxygens (including phenoxy) is 1. The molecule has 0 aliphatic rings. The second kappa shape index (κ2) is 7.33. The van der Waals surface area contributed by atoms with Crippen LogP contribution in [0.3, 0.4) is 0 Å². The average molecular weight is 411 g/mol. The van der Waals surface area contributed by atoms with Gasteiger partial charge in [-0.3, -0.25) is 0 Å². The molecule has 7 heteroatoms. The highest BCUT2D eigenvalue weighted by atomic mass is 19.4. The lowest BCUT2D eigenvalue weighted by atomic mass is 9.95. The molecular weight excluding hydrogens is 395 g/mol. The third-order valence-corrected chi connectivity index (χ3v) is 4.80. The summed E-state index contributed by atoms with van der Waals surface area (Å²) in [5.74, 6) is -1.08. The zero-order valence-corrected chi connectivity index (χ0v) is 15.8. The van der Waals surface area contributed by atoms with Crippen molar-refractivity contribution in [1.29, 1.82) is 0 Å². The Morgan fingerprint density at radius 2 is 1.73 bits per heavy atom. The Hall–Kier alpha value is -3.61. The maximum Gasteiger partial charge on any atom is 0.416 e. The molecule has 0 aliphatic heterocycles. The number of esters is 1. The number of fused-ring (bicyclic) bond motifs is 2. The molecule has 0 atom stereocenters. The predicted octanol–water partition coefficient (Wildman–Crippen LogP) is 5.96. The van der Waals surface area contributed by atoms with Gasteiger partial charge < -0.3 is 9.84 Å². The third kappa shape index (κ3) is 3.43. The van der Waals surface area contributed by atoms with E-state index in [4.69, 9.17) is 4.74 Å². The van der Waals surface area contributed by atoms with Gasteiger partial charge in [-0.15, -0.1) is 0 Å². The normalized spacial score (nSPS) is 11.7. The SMILES string of the molecule is CCOC(=O)c1c(-c2ccc(C(F)(F)F)cc2)cc2nc3ccccc3cc2c1O. The lowest BCUT2D eigenvalue weighted by Gasteiger charge is -2.15. The van der Waals surface area contributed by atoms with E-state index in [0.29, 0.717) is 22.0 Å². The molecule has 0 fully saturated rings. The van der Waals surface area contributed by atoms with Crippen LogP contribution in [0.25, 0.3) is 32.9 Å². The first-order valence-electron chi connectivity index (χ1n) is 9.20. The van der Waals surface area contributed by atoms with Crippen LogP contribution in [-0.4, -0.2) is 22.7 Å². The maximum absolute atomic E-state index is 12.9. The minimum Gasteiger partial charge on any atom is -0.506 e. The second-order valence-corrected chi connectivity index (χ2v) is 6.69. The Bertz CT molecular complexity index is 1260. The predicted molar refractivity (Wildman–Crippen MR) is 107 cm³/mol. The summed E-state index contributed by atoms with van der Waals surface area (Å²) in [6, 6.07) is 15.0. The van der Waals surface area contributed by atoms with Gasteiger partial charge in [0.15, 0.2) is 0 Å². The van der Waals surface area contributed by atoms with E-state index in [1.807, 2.05) is 24.3 Å². The molecule has 0 radical (unpaired) electrons. The summed E-state index contributed by atoms with van der Waals surface area (Å²) in [6.45, 7) is 1.71. The standard InChI is InChI=1S/C23H16F3NO3/c1-2-30-22(29)20-16(13-7-9-15(10-8-13)23(24,25)26)12-19-17(21(20)28)11-14-5-3-4-6-18(14)27-19/h3-12,28H,2H2,1H3. The molecule has 152 valence electrons. The lowest BCUT2D eigenvalue weighted by molar-refractivity contribution is -0.137. The first kappa shape index (κ1) is 19.7. The average Bonchev–Trinajstić information content (AvgIpc) is 2.72. The molecule has 0 unspecified atom stereocenters. The third-order valence-electron chi connectivity index (χ3n) is 4.80. The van der Waals surface area contributed by atoms with Gasteiger partial charge in [0, 0.05) is 16.3 Å². The fourth-order valence-electron chi connectivity index (χ4n) is 3.38. The van der Waals surface area contributed by atoms with Gasteiger partial charge in [0.05, 0.1) is 23.2 Å². The maximum atomic E-state index is 12.9. The molecule has 0 amide bonds. The summed E-state index contributed by atoms with van der Waals surface area (Å²) in [4.78, 5) is 17.1. The quantitative estimate of drug-likeness (QED) is 0.334. The van der Waals surface area contributed by atoms with Gasteiger partial charge in [-0.2, -0.15) is 13.2 Å². The molecule has 0 spiro atoms. The summed E-state index contributed by atoms with van der Waals surface area (Å²) >= 11 is 0. The highest BCUT2D eigenvalue weighted by Crippen LogP contribution is 2.39. The zero-order valence-electron chi connectivity index (χ0n) is 15.8. The zero-order chi connectivity index (χ0) is 21.5. The van der Waals surface area contributed by atoms with Crippen LogP contribution < -0.4 is 0 Å². The number of carbonyl (C=O) groups excluding carboxylic acids is 1. The van der Waals surface area contributed by atoms with E-state index in [9.17, 15) is 23.1 Å². The number of alkyl halides is 3. The van der Waals surface area contributed by atoms with E-state index < -0.39 is 17.7 Å². The number of hydrogen-bond acceptors (Lipinski definition) is 4. The van der Waals surface area contributed by atoms with Crippen LogP contribution in [-0.2, 0) is 10.9 Å². The van der Waals surface area contributed by atoms with Crippen molar-refractivity contribution in [3.8, 4) is 16.9 Å². The van der Waals surface area contributed by atoms with Gasteiger partial charge in [-0.25, -0.2) is 9.78 Å². The number of rotatable bonds is 3. The lowest BCUT2D eigenvalue weighted by Crippen LogP contribution is -2.08. The summed E-state index contributed by atoms with van der Waals surface area (Å²) in [6.07, 6.45) is -4.48. The number of aromatic hydroxyl groups is 1. The molecule has 1 N–H and O–H groups in total. The van der Waals surface area contributed by atoms with Crippen molar-refractivity contribution < 1.29 is 27.8 Å². The van der Waals surface area contributed by atoms with Crippen molar-refractivity contribution in [2.75, 3.05) is 6.61 Å². The van der Waals surface area contributed by atoms with Crippen molar-refractivity contribution in [1.82, 2.24) is 4.98 Å². The summed E-state index contributed by atoms with van der Waals surface area (Å²) in [5.41, 5.74) is 0.758. The van der Waals surface area contributed by atoms with Crippen molar-refractivity contribution in [3.63, 3.8) is 0 Å². The molecule has 0 bridgehead atoms. The largest absolute Gasteiger partial charge is 0.506 e. The van der Waals surface area contributed by atoms with Crippen molar-refractivity contribution in [2.45, 2.75) is 13.1 Å². The van der Waals surface area contributed by atoms with Crippen molar-refractivity contribution in [2.24, 2.45) is 0 Å². The number of pyridine rings is 1. The molecule has 4 nitrogen and oxygen atoms in total. The van der Waals surface area contributed by atoms with Crippen LogP contribution in [0, 0.1) is 0 Å². The Kier molecular flexibility index (Phi) is 4.81. The second-order valence-electron chi connectivity index (χ2n) is 6.69. The number of phenolic OH excluding ortho intramolecular Hbond substituents is 1. The molecule has 4 aromatic rings. The molecule has 0 saturated carbocycles. The number of aromatic nitrogens is 1. The fraction of sp³-hybridized carbons (Fsp3) is 0.130. The number of nitrogens with zero attached hydrogens (tertiary/aromatic N) is 1. The van der Waals surface area contributed by atoms with Gasteiger partial charge in [0.1, 0.15) is 11.3 Å². The Morgan fingerprint density at radius 1 is 1.03 bits per heavy atom. The van der Waals surface area contributed by atoms with E-state index in [0.717, 1.165) is 17.5 Å². The highest BCUT2D eigenvalue weighted by Gasteiger charge is 2.30. The van der Waals surface area contributed by atoms with Crippen LogP contribution in [0.5, 0.6) is 5.75 Å². The number of benzene rings is 3. The van der Waals surface area contributed by atoms with E-state index in [-0.39, 0.29) is 23.5 Å². The van der Waals surface area contributed by atoms with Gasteiger partial charge in [0.25, 0.3) is 0 Å². The Labute approximate surface area is 169 Å². The number of carbonyl (C=O) groups is 1. The molecule has 3 aromatic carbocycles. The van der Waals surface area contributed by atoms with Crippen LogP contribution in [0.1, 0.15) is 22.8 Å². The minimum atomic E-state index is -4.48. The Balaban J connectivity index is 1.99. The molecule has 0 aliphatic carbocycles. The van der Waals surface area contributed by atoms with Crippen molar-refractivity contribution >= 4 is 27.8 Å². The van der Waals surface area contributed by atoms with Crippen LogP contribution in [0.15, 0.2) is 60.7 Å². The smallest absolute Gasteiger partial charge is 0.416 e. The fourth-order valence-corrected chi connectivity index (χ4v) is 3.38. The van der Waals surface area contributed by atoms with Gasteiger partial charge in [-0.1, -0.05) is 30.3 Å². The van der Waals surface area contributed by atoms with Gasteiger partial charge >= 0.3 is 12.1 Å².